The van der Waals surface area contributed by atoms with E-state index in [9.17, 15) is 17.6 Å². The van der Waals surface area contributed by atoms with Gasteiger partial charge in [0.25, 0.3) is 0 Å². The fourth-order valence-electron chi connectivity index (χ4n) is 4.62. The minimum atomic E-state index is -4.85. The predicted molar refractivity (Wildman–Crippen MR) is 118 cm³/mol. The van der Waals surface area contributed by atoms with Gasteiger partial charge in [0.05, 0.1) is 29.5 Å². The van der Waals surface area contributed by atoms with E-state index in [4.69, 9.17) is 10.5 Å². The smallest absolute Gasteiger partial charge is 0.399 e. The molecule has 0 amide bonds. The second kappa shape index (κ2) is 7.72. The molecule has 0 spiro atoms. The molecule has 3 atom stereocenters. The number of aromatic nitrogens is 2. The maximum atomic E-state index is 14.8. The topological polar surface area (TPSA) is 76.3 Å². The summed E-state index contributed by atoms with van der Waals surface area (Å²) in [6, 6.07) is 6.92. The van der Waals surface area contributed by atoms with Crippen LogP contribution in [0.25, 0.3) is 10.8 Å². The minimum Gasteiger partial charge on any atom is -0.399 e. The van der Waals surface area contributed by atoms with Crippen molar-refractivity contribution in [2.45, 2.75) is 44.7 Å². The number of nitrogen functional groups attached to an aromatic ring is 1. The highest BCUT2D eigenvalue weighted by atomic mass is 19.4. The zero-order valence-corrected chi connectivity index (χ0v) is 18.1. The van der Waals surface area contributed by atoms with E-state index in [0.717, 1.165) is 36.0 Å². The first-order chi connectivity index (χ1) is 15.6. The predicted octanol–water partition coefficient (Wildman–Crippen LogP) is 4.83. The maximum Gasteiger partial charge on any atom is 0.419 e. The Morgan fingerprint density at radius 2 is 1.82 bits per heavy atom. The summed E-state index contributed by atoms with van der Waals surface area (Å²) in [4.78, 5) is 2.25. The molecule has 2 unspecified atom stereocenters. The molecule has 3 fully saturated rings. The van der Waals surface area contributed by atoms with Crippen LogP contribution in [0, 0.1) is 12.7 Å². The first-order valence-electron chi connectivity index (χ1n) is 10.7. The third kappa shape index (κ3) is 3.92. The highest BCUT2D eigenvalue weighted by Gasteiger charge is 2.38. The standard InChI is InChI=1S/C23H23F4N5O/c1-11(18-5-13(28)6-20(21(18)24)23(25,26)27)29-22-19-7-14(3-4-17(19)12(2)30-31-22)32-9-15-8-16(10-32)33-15/h3-7,11,15-16H,8-10,28H2,1-2H3,(H,29,31)/t11-,15?,16?/m1/s1. The molecule has 3 aliphatic heterocycles. The van der Waals surface area contributed by atoms with Crippen LogP contribution in [-0.2, 0) is 10.9 Å². The molecular weight excluding hydrogens is 438 g/mol. The van der Waals surface area contributed by atoms with Gasteiger partial charge in [0, 0.05) is 47.2 Å². The number of alkyl halides is 3. The summed E-state index contributed by atoms with van der Waals surface area (Å²) in [6.07, 6.45) is -3.30. The van der Waals surface area contributed by atoms with Crippen molar-refractivity contribution in [2.75, 3.05) is 29.0 Å². The van der Waals surface area contributed by atoms with Crippen molar-refractivity contribution in [3.8, 4) is 0 Å². The summed E-state index contributed by atoms with van der Waals surface area (Å²) in [6.45, 7) is 4.99. The van der Waals surface area contributed by atoms with Crippen molar-refractivity contribution >= 4 is 28.0 Å². The van der Waals surface area contributed by atoms with Gasteiger partial charge in [-0.25, -0.2) is 4.39 Å². The van der Waals surface area contributed by atoms with E-state index in [1.165, 1.54) is 6.07 Å². The molecule has 4 heterocycles. The number of piperidine rings is 1. The zero-order valence-electron chi connectivity index (χ0n) is 18.1. The molecule has 2 bridgehead atoms. The molecule has 6 rings (SSSR count). The van der Waals surface area contributed by atoms with E-state index in [1.54, 1.807) is 6.92 Å². The van der Waals surface area contributed by atoms with E-state index in [1.807, 2.05) is 25.1 Å². The lowest BCUT2D eigenvalue weighted by atomic mass is 9.97. The molecule has 6 nitrogen and oxygen atoms in total. The molecule has 174 valence electrons. The maximum absolute atomic E-state index is 14.8. The number of nitrogens with one attached hydrogen (secondary N) is 1. The van der Waals surface area contributed by atoms with Gasteiger partial charge >= 0.3 is 6.18 Å². The number of hydrogen-bond acceptors (Lipinski definition) is 6. The Kier molecular flexibility index (Phi) is 5.08. The molecule has 3 aliphatic rings. The lowest BCUT2D eigenvalue weighted by Crippen LogP contribution is -2.57. The van der Waals surface area contributed by atoms with E-state index in [2.05, 4.69) is 20.4 Å². The van der Waals surface area contributed by atoms with E-state index >= 15 is 0 Å². The first-order valence-corrected chi connectivity index (χ1v) is 10.7. The Morgan fingerprint density at radius 3 is 2.48 bits per heavy atom. The number of anilines is 3. The molecule has 10 heteroatoms. The monoisotopic (exact) mass is 461 g/mol. The Hall–Kier alpha value is -3.14. The molecule has 3 saturated heterocycles. The van der Waals surface area contributed by atoms with E-state index < -0.39 is 23.6 Å². The van der Waals surface area contributed by atoms with Gasteiger partial charge in [-0.1, -0.05) is 6.07 Å². The zero-order chi connectivity index (χ0) is 23.5. The summed E-state index contributed by atoms with van der Waals surface area (Å²) in [5.41, 5.74) is 5.61. The number of aryl methyl sites for hydroxylation is 1. The summed E-state index contributed by atoms with van der Waals surface area (Å²) in [5.74, 6) is -0.993. The molecule has 0 radical (unpaired) electrons. The number of nitrogens with two attached hydrogens (primary N) is 1. The Balaban J connectivity index is 1.50. The lowest BCUT2D eigenvalue weighted by Gasteiger charge is -2.48. The Bertz CT molecular complexity index is 1220. The van der Waals surface area contributed by atoms with Crippen molar-refractivity contribution in [3.05, 3.63) is 53.0 Å². The minimum absolute atomic E-state index is 0.166. The molecule has 0 saturated carbocycles. The van der Waals surface area contributed by atoms with Crippen molar-refractivity contribution in [1.29, 1.82) is 0 Å². The van der Waals surface area contributed by atoms with Crippen LogP contribution in [0.1, 0.15) is 36.2 Å². The molecule has 33 heavy (non-hydrogen) atoms. The molecule has 0 aliphatic carbocycles. The number of rotatable bonds is 4. The van der Waals surface area contributed by atoms with Crippen molar-refractivity contribution < 1.29 is 22.3 Å². The molecule has 3 aromatic rings. The SMILES string of the molecule is Cc1nnc(N[C@H](C)c2cc(N)cc(C(F)(F)F)c2F)c2cc(N3CC4CC(C3)O4)ccc12. The van der Waals surface area contributed by atoms with Gasteiger partial charge in [0.15, 0.2) is 5.82 Å². The van der Waals surface area contributed by atoms with E-state index in [0.29, 0.717) is 17.6 Å². The van der Waals surface area contributed by atoms with Gasteiger partial charge in [-0.15, -0.1) is 5.10 Å². The van der Waals surface area contributed by atoms with Crippen LogP contribution in [0.15, 0.2) is 30.3 Å². The van der Waals surface area contributed by atoms with Crippen LogP contribution in [0.5, 0.6) is 0 Å². The quantitative estimate of drug-likeness (QED) is 0.428. The van der Waals surface area contributed by atoms with Gasteiger partial charge in [-0.05, 0) is 38.1 Å². The van der Waals surface area contributed by atoms with Crippen LogP contribution in [0.4, 0.5) is 34.8 Å². The van der Waals surface area contributed by atoms with Gasteiger partial charge in [-0.3, -0.25) is 0 Å². The van der Waals surface area contributed by atoms with Crippen molar-refractivity contribution in [3.63, 3.8) is 0 Å². The number of nitrogens with zero attached hydrogens (tertiary/aromatic N) is 3. The summed E-state index contributed by atoms with van der Waals surface area (Å²) in [7, 11) is 0. The van der Waals surface area contributed by atoms with Crippen LogP contribution < -0.4 is 16.0 Å². The molecule has 1 aromatic heterocycles. The van der Waals surface area contributed by atoms with Gasteiger partial charge in [-0.2, -0.15) is 18.3 Å². The number of ether oxygens (including phenoxy) is 1. The lowest BCUT2D eigenvalue weighted by molar-refractivity contribution is -0.140. The van der Waals surface area contributed by atoms with Crippen LogP contribution in [0.2, 0.25) is 0 Å². The summed E-state index contributed by atoms with van der Waals surface area (Å²) < 4.78 is 60.2. The summed E-state index contributed by atoms with van der Waals surface area (Å²) in [5, 5.41) is 13.0. The fourth-order valence-corrected chi connectivity index (χ4v) is 4.62. The van der Waals surface area contributed by atoms with E-state index in [-0.39, 0.29) is 23.5 Å². The normalized spacial score (nSPS) is 21.1. The number of benzene rings is 2. The van der Waals surface area contributed by atoms with Gasteiger partial charge in [0.1, 0.15) is 5.82 Å². The van der Waals surface area contributed by atoms with Gasteiger partial charge in [0.2, 0.25) is 0 Å². The number of halogens is 4. The third-order valence-corrected chi connectivity index (χ3v) is 6.32. The van der Waals surface area contributed by atoms with Crippen molar-refractivity contribution in [1.82, 2.24) is 10.2 Å². The average Bonchev–Trinajstić information content (AvgIpc) is 2.75. The first kappa shape index (κ1) is 21.7. The Morgan fingerprint density at radius 1 is 1.12 bits per heavy atom. The van der Waals surface area contributed by atoms with Crippen LogP contribution >= 0.6 is 0 Å². The third-order valence-electron chi connectivity index (χ3n) is 6.32. The Labute approximate surface area is 187 Å². The fraction of sp³-hybridized carbons (Fsp3) is 0.391. The molecule has 3 N–H and O–H groups in total. The number of fused-ring (bicyclic) bond motifs is 3. The highest BCUT2D eigenvalue weighted by Crippen LogP contribution is 2.38. The number of hydrogen-bond donors (Lipinski definition) is 2. The van der Waals surface area contributed by atoms with Crippen LogP contribution in [0.3, 0.4) is 0 Å². The van der Waals surface area contributed by atoms with Gasteiger partial charge < -0.3 is 20.7 Å². The second-order valence-corrected chi connectivity index (χ2v) is 8.72. The largest absolute Gasteiger partial charge is 0.419 e. The number of morpholine rings is 1. The molecule has 2 aromatic carbocycles. The summed E-state index contributed by atoms with van der Waals surface area (Å²) >= 11 is 0. The second-order valence-electron chi connectivity index (χ2n) is 8.72. The van der Waals surface area contributed by atoms with Crippen LogP contribution in [-0.4, -0.2) is 35.5 Å². The average molecular weight is 461 g/mol. The van der Waals surface area contributed by atoms with Crippen molar-refractivity contribution in [2.24, 2.45) is 0 Å². The highest BCUT2D eigenvalue weighted by molar-refractivity contribution is 5.95. The molecular formula is C23H23F4N5O.